The summed E-state index contributed by atoms with van der Waals surface area (Å²) in [6.45, 7) is 0.490. The molecule has 0 spiro atoms. The molecule has 0 saturated heterocycles. The van der Waals surface area contributed by atoms with Gasteiger partial charge in [0.2, 0.25) is 0 Å². The Balaban J connectivity index is 2.19. The predicted octanol–water partition coefficient (Wildman–Crippen LogP) is 3.18. The molecule has 0 aliphatic rings. The molecule has 0 aliphatic heterocycles. The number of hydrogen-bond acceptors (Lipinski definition) is 4. The van der Waals surface area contributed by atoms with E-state index in [-0.39, 0.29) is 5.91 Å². The van der Waals surface area contributed by atoms with Crippen LogP contribution in [0.15, 0.2) is 36.5 Å². The van der Waals surface area contributed by atoms with Crippen LogP contribution in [0, 0.1) is 0 Å². The first kappa shape index (κ1) is 15.3. The zero-order chi connectivity index (χ0) is 15.2. The first-order valence-electron chi connectivity index (χ1n) is 6.36. The standard InChI is InChI=1S/C15H16ClN3O2/c1-17-14-7-12(13(16)8-18-14)15(20)19-11-5-3-4-10(6-11)9-21-2/h3-8H,9H2,1-2H3,(H,17,18)(H,19,20). The van der Waals surface area contributed by atoms with Crippen molar-refractivity contribution in [1.82, 2.24) is 4.98 Å². The van der Waals surface area contributed by atoms with Crippen LogP contribution in [0.2, 0.25) is 5.02 Å². The van der Waals surface area contributed by atoms with Crippen LogP contribution >= 0.6 is 11.6 Å². The quantitative estimate of drug-likeness (QED) is 0.890. The number of amides is 1. The molecule has 1 aromatic heterocycles. The van der Waals surface area contributed by atoms with Gasteiger partial charge in [-0.15, -0.1) is 0 Å². The summed E-state index contributed by atoms with van der Waals surface area (Å²) in [6.07, 6.45) is 1.45. The molecule has 1 heterocycles. The number of carbonyl (C=O) groups excluding carboxylic acids is 1. The first-order valence-corrected chi connectivity index (χ1v) is 6.74. The van der Waals surface area contributed by atoms with Crippen molar-refractivity contribution < 1.29 is 9.53 Å². The number of rotatable bonds is 5. The molecule has 0 unspecified atom stereocenters. The lowest BCUT2D eigenvalue weighted by Gasteiger charge is -2.09. The van der Waals surface area contributed by atoms with Gasteiger partial charge in [0.15, 0.2) is 0 Å². The number of nitrogens with zero attached hydrogens (tertiary/aromatic N) is 1. The largest absolute Gasteiger partial charge is 0.380 e. The Bertz CT molecular complexity index is 647. The van der Waals surface area contributed by atoms with Gasteiger partial charge in [0.05, 0.1) is 17.2 Å². The van der Waals surface area contributed by atoms with Crippen molar-refractivity contribution >= 4 is 29.0 Å². The van der Waals surface area contributed by atoms with Crippen LogP contribution in [0.4, 0.5) is 11.5 Å². The maximum Gasteiger partial charge on any atom is 0.257 e. The molecular formula is C15H16ClN3O2. The number of aromatic nitrogens is 1. The number of halogens is 1. The second kappa shape index (κ2) is 7.06. The van der Waals surface area contributed by atoms with E-state index in [2.05, 4.69) is 15.6 Å². The second-order valence-corrected chi connectivity index (χ2v) is 4.79. The van der Waals surface area contributed by atoms with E-state index >= 15 is 0 Å². The van der Waals surface area contributed by atoms with Gasteiger partial charge in [-0.25, -0.2) is 4.98 Å². The molecule has 2 aromatic rings. The molecule has 2 N–H and O–H groups in total. The van der Waals surface area contributed by atoms with Crippen LogP contribution in [-0.4, -0.2) is 25.0 Å². The maximum absolute atomic E-state index is 12.3. The zero-order valence-corrected chi connectivity index (χ0v) is 12.6. The smallest absolute Gasteiger partial charge is 0.257 e. The minimum absolute atomic E-state index is 0.284. The average Bonchev–Trinajstić information content (AvgIpc) is 2.48. The lowest BCUT2D eigenvalue weighted by molar-refractivity contribution is 0.102. The summed E-state index contributed by atoms with van der Waals surface area (Å²) >= 11 is 6.02. The first-order chi connectivity index (χ1) is 10.1. The number of pyridine rings is 1. The number of nitrogens with one attached hydrogen (secondary N) is 2. The summed E-state index contributed by atoms with van der Waals surface area (Å²) in [4.78, 5) is 16.3. The highest BCUT2D eigenvalue weighted by atomic mass is 35.5. The summed E-state index contributed by atoms with van der Waals surface area (Å²) in [5.41, 5.74) is 2.04. The molecule has 0 aliphatic carbocycles. The van der Waals surface area contributed by atoms with Gasteiger partial charge in [-0.3, -0.25) is 4.79 Å². The van der Waals surface area contributed by atoms with Gasteiger partial charge in [-0.1, -0.05) is 23.7 Å². The maximum atomic E-state index is 12.3. The Morgan fingerprint density at radius 3 is 2.90 bits per heavy atom. The van der Waals surface area contributed by atoms with Gasteiger partial charge in [-0.2, -0.15) is 0 Å². The predicted molar refractivity (Wildman–Crippen MR) is 83.9 cm³/mol. The van der Waals surface area contributed by atoms with Crippen molar-refractivity contribution in [2.24, 2.45) is 0 Å². The molecule has 2 rings (SSSR count). The van der Waals surface area contributed by atoms with Crippen molar-refractivity contribution in [2.75, 3.05) is 24.8 Å². The van der Waals surface area contributed by atoms with Crippen LogP contribution in [0.25, 0.3) is 0 Å². The van der Waals surface area contributed by atoms with Crippen molar-refractivity contribution in [1.29, 1.82) is 0 Å². The van der Waals surface area contributed by atoms with Crippen molar-refractivity contribution in [3.63, 3.8) is 0 Å². The topological polar surface area (TPSA) is 63.2 Å². The van der Waals surface area contributed by atoms with E-state index in [0.717, 1.165) is 5.56 Å². The Morgan fingerprint density at radius 2 is 2.19 bits per heavy atom. The summed E-state index contributed by atoms with van der Waals surface area (Å²) in [5.74, 6) is 0.297. The minimum atomic E-state index is -0.284. The third-order valence-electron chi connectivity index (χ3n) is 2.85. The molecule has 6 heteroatoms. The number of carbonyl (C=O) groups is 1. The van der Waals surface area contributed by atoms with Gasteiger partial charge in [0, 0.05) is 26.0 Å². The van der Waals surface area contributed by atoms with Gasteiger partial charge in [0.1, 0.15) is 5.82 Å². The lowest BCUT2D eigenvalue weighted by atomic mass is 10.2. The molecule has 1 amide bonds. The van der Waals surface area contributed by atoms with Gasteiger partial charge < -0.3 is 15.4 Å². The Hall–Kier alpha value is -2.11. The number of hydrogen-bond donors (Lipinski definition) is 2. The molecule has 0 fully saturated rings. The van der Waals surface area contributed by atoms with Gasteiger partial charge in [0.25, 0.3) is 5.91 Å². The van der Waals surface area contributed by atoms with E-state index in [9.17, 15) is 4.79 Å². The Morgan fingerprint density at radius 1 is 1.38 bits per heavy atom. The van der Waals surface area contributed by atoms with E-state index in [4.69, 9.17) is 16.3 Å². The second-order valence-electron chi connectivity index (χ2n) is 4.39. The van der Waals surface area contributed by atoms with E-state index in [0.29, 0.717) is 28.7 Å². The molecule has 0 radical (unpaired) electrons. The SMILES string of the molecule is CNc1cc(C(=O)Nc2cccc(COC)c2)c(Cl)cn1. The van der Waals surface area contributed by atoms with Crippen LogP contribution in [0.5, 0.6) is 0 Å². The molecule has 1 aromatic carbocycles. The summed E-state index contributed by atoms with van der Waals surface area (Å²) in [6, 6.07) is 9.06. The van der Waals surface area contributed by atoms with Crippen molar-refractivity contribution in [3.8, 4) is 0 Å². The summed E-state index contributed by atoms with van der Waals surface area (Å²) < 4.78 is 5.07. The van der Waals surface area contributed by atoms with E-state index in [1.807, 2.05) is 24.3 Å². The lowest BCUT2D eigenvalue weighted by Crippen LogP contribution is -2.13. The average molecular weight is 306 g/mol. The molecule has 0 atom stereocenters. The van der Waals surface area contributed by atoms with Crippen molar-refractivity contribution in [2.45, 2.75) is 6.61 Å². The molecule has 0 bridgehead atoms. The van der Waals surface area contributed by atoms with E-state index < -0.39 is 0 Å². The molecule has 0 saturated carbocycles. The zero-order valence-electron chi connectivity index (χ0n) is 11.8. The van der Waals surface area contributed by atoms with E-state index in [1.54, 1.807) is 20.2 Å². The monoisotopic (exact) mass is 305 g/mol. The van der Waals surface area contributed by atoms with Crippen LogP contribution in [0.3, 0.4) is 0 Å². The van der Waals surface area contributed by atoms with Crippen molar-refractivity contribution in [3.05, 3.63) is 52.7 Å². The Labute approximate surface area is 128 Å². The van der Waals surface area contributed by atoms with Crippen LogP contribution < -0.4 is 10.6 Å². The van der Waals surface area contributed by atoms with E-state index in [1.165, 1.54) is 6.20 Å². The third-order valence-corrected chi connectivity index (χ3v) is 3.15. The van der Waals surface area contributed by atoms with Gasteiger partial charge in [-0.05, 0) is 23.8 Å². The molecule has 5 nitrogen and oxygen atoms in total. The minimum Gasteiger partial charge on any atom is -0.380 e. The summed E-state index contributed by atoms with van der Waals surface area (Å²) in [5, 5.41) is 5.99. The normalized spacial score (nSPS) is 10.2. The summed E-state index contributed by atoms with van der Waals surface area (Å²) in [7, 11) is 3.35. The number of methoxy groups -OCH3 is 1. The molecule has 110 valence electrons. The highest BCUT2D eigenvalue weighted by Crippen LogP contribution is 2.20. The van der Waals surface area contributed by atoms with Gasteiger partial charge >= 0.3 is 0 Å². The third kappa shape index (κ3) is 3.93. The van der Waals surface area contributed by atoms with Crippen LogP contribution in [-0.2, 0) is 11.3 Å². The fourth-order valence-electron chi connectivity index (χ4n) is 1.85. The van der Waals surface area contributed by atoms with Crippen LogP contribution in [0.1, 0.15) is 15.9 Å². The molecular weight excluding hydrogens is 290 g/mol. The fourth-order valence-corrected chi connectivity index (χ4v) is 2.04. The fraction of sp³-hybridized carbons (Fsp3) is 0.200. The number of ether oxygens (including phenoxy) is 1. The number of benzene rings is 1. The highest BCUT2D eigenvalue weighted by molar-refractivity contribution is 6.34. The molecule has 21 heavy (non-hydrogen) atoms. The Kier molecular flexibility index (Phi) is 5.14. The highest BCUT2D eigenvalue weighted by Gasteiger charge is 2.12. The number of anilines is 2.